The van der Waals surface area contributed by atoms with Crippen LogP contribution in [0.2, 0.25) is 0 Å². The lowest BCUT2D eigenvalue weighted by Gasteiger charge is -2.40. The highest BCUT2D eigenvalue weighted by Gasteiger charge is 2.44. The highest BCUT2D eigenvalue weighted by molar-refractivity contribution is 5.77. The first kappa shape index (κ1) is 22.1. The van der Waals surface area contributed by atoms with Crippen LogP contribution in [0.4, 0.5) is 5.69 Å². The molecule has 5 heteroatoms. The summed E-state index contributed by atoms with van der Waals surface area (Å²) in [6.45, 7) is 16.2. The van der Waals surface area contributed by atoms with Crippen molar-refractivity contribution in [1.29, 1.82) is 0 Å². The average Bonchev–Trinajstić information content (AvgIpc) is 2.51. The number of nitro groups is 1. The molecule has 1 aromatic carbocycles. The molecule has 0 amide bonds. The predicted molar refractivity (Wildman–Crippen MR) is 104 cm³/mol. The minimum absolute atomic E-state index is 0.00526. The summed E-state index contributed by atoms with van der Waals surface area (Å²) in [6, 6.07) is 6.17. The first-order chi connectivity index (χ1) is 11.7. The Labute approximate surface area is 157 Å². The summed E-state index contributed by atoms with van der Waals surface area (Å²) in [4.78, 5) is 23.6. The van der Waals surface area contributed by atoms with Crippen LogP contribution < -0.4 is 0 Å². The van der Waals surface area contributed by atoms with E-state index < -0.39 is 15.9 Å². The Kier molecular flexibility index (Phi) is 6.61. The third-order valence-corrected chi connectivity index (χ3v) is 5.19. The second-order valence-corrected chi connectivity index (χ2v) is 9.17. The number of nitro benzene ring substituents is 1. The number of hydrogen-bond donors (Lipinski definition) is 0. The lowest BCUT2D eigenvalue weighted by Crippen LogP contribution is -2.42. The Morgan fingerprint density at radius 1 is 1.12 bits per heavy atom. The van der Waals surface area contributed by atoms with Crippen molar-refractivity contribution in [3.05, 3.63) is 39.9 Å². The molecule has 0 fully saturated rings. The fourth-order valence-electron chi connectivity index (χ4n) is 3.39. The van der Waals surface area contributed by atoms with Gasteiger partial charge in [0.15, 0.2) is 0 Å². The van der Waals surface area contributed by atoms with Gasteiger partial charge in [-0.2, -0.15) is 0 Å². The van der Waals surface area contributed by atoms with Gasteiger partial charge in [-0.1, -0.05) is 41.0 Å². The van der Waals surface area contributed by atoms with Gasteiger partial charge in [0.2, 0.25) is 0 Å². The standard InChI is InChI=1S/C21H33NO4/c1-9-15(2)21(8,14-19(3,4)5)18(23)26-20(6,7)16-10-12-17(13-11-16)22(24)25/h10-13,15H,9,14H2,1-8H3. The van der Waals surface area contributed by atoms with E-state index in [0.717, 1.165) is 18.4 Å². The van der Waals surface area contributed by atoms with Gasteiger partial charge in [-0.25, -0.2) is 0 Å². The van der Waals surface area contributed by atoms with Gasteiger partial charge in [-0.05, 0) is 56.2 Å². The zero-order chi connectivity index (χ0) is 20.3. The van der Waals surface area contributed by atoms with Crippen molar-refractivity contribution in [1.82, 2.24) is 0 Å². The van der Waals surface area contributed by atoms with Crippen LogP contribution in [0.25, 0.3) is 0 Å². The van der Waals surface area contributed by atoms with Crippen molar-refractivity contribution < 1.29 is 14.5 Å². The molecule has 0 aliphatic rings. The zero-order valence-electron chi connectivity index (χ0n) is 17.4. The normalized spacial score (nSPS) is 15.8. The van der Waals surface area contributed by atoms with Gasteiger partial charge in [0.25, 0.3) is 5.69 Å². The van der Waals surface area contributed by atoms with E-state index in [1.54, 1.807) is 12.1 Å². The number of nitrogens with zero attached hydrogens (tertiary/aromatic N) is 1. The maximum Gasteiger partial charge on any atom is 0.312 e. The van der Waals surface area contributed by atoms with E-state index in [2.05, 4.69) is 34.6 Å². The number of benzene rings is 1. The average molecular weight is 363 g/mol. The Morgan fingerprint density at radius 2 is 1.62 bits per heavy atom. The van der Waals surface area contributed by atoms with Gasteiger partial charge >= 0.3 is 5.97 Å². The van der Waals surface area contributed by atoms with Crippen LogP contribution in [-0.4, -0.2) is 10.9 Å². The fraction of sp³-hybridized carbons (Fsp3) is 0.667. The molecular weight excluding hydrogens is 330 g/mol. The number of hydrogen-bond acceptors (Lipinski definition) is 4. The van der Waals surface area contributed by atoms with E-state index in [9.17, 15) is 14.9 Å². The molecule has 2 unspecified atom stereocenters. The molecule has 0 saturated carbocycles. The highest BCUT2D eigenvalue weighted by atomic mass is 16.6. The molecule has 26 heavy (non-hydrogen) atoms. The fourth-order valence-corrected chi connectivity index (χ4v) is 3.39. The molecule has 0 aliphatic carbocycles. The summed E-state index contributed by atoms with van der Waals surface area (Å²) in [5.74, 6) is -0.0352. The Bertz CT molecular complexity index is 643. The number of carbonyl (C=O) groups excluding carboxylic acids is 1. The minimum Gasteiger partial charge on any atom is -0.454 e. The Morgan fingerprint density at radius 3 is 2.00 bits per heavy atom. The third-order valence-electron chi connectivity index (χ3n) is 5.19. The highest BCUT2D eigenvalue weighted by Crippen LogP contribution is 2.43. The lowest BCUT2D eigenvalue weighted by molar-refractivity contribution is -0.384. The third kappa shape index (κ3) is 5.29. The summed E-state index contributed by atoms with van der Waals surface area (Å²) in [5, 5.41) is 10.8. The Hall–Kier alpha value is -1.91. The quantitative estimate of drug-likeness (QED) is 0.345. The summed E-state index contributed by atoms with van der Waals surface area (Å²) in [7, 11) is 0. The molecule has 0 saturated heterocycles. The van der Waals surface area contributed by atoms with Crippen molar-refractivity contribution in [2.45, 2.75) is 73.8 Å². The van der Waals surface area contributed by atoms with E-state index in [1.165, 1.54) is 12.1 Å². The molecule has 0 aliphatic heterocycles. The van der Waals surface area contributed by atoms with Crippen LogP contribution in [0.1, 0.15) is 73.8 Å². The monoisotopic (exact) mass is 363 g/mol. The number of esters is 1. The molecule has 146 valence electrons. The van der Waals surface area contributed by atoms with Crippen LogP contribution in [-0.2, 0) is 15.1 Å². The van der Waals surface area contributed by atoms with E-state index in [4.69, 9.17) is 4.74 Å². The van der Waals surface area contributed by atoms with Gasteiger partial charge in [-0.3, -0.25) is 14.9 Å². The Balaban J connectivity index is 3.11. The van der Waals surface area contributed by atoms with Gasteiger partial charge in [0.05, 0.1) is 10.3 Å². The van der Waals surface area contributed by atoms with E-state index in [0.29, 0.717) is 0 Å². The van der Waals surface area contributed by atoms with Crippen molar-refractivity contribution >= 4 is 11.7 Å². The largest absolute Gasteiger partial charge is 0.454 e. The molecule has 1 aromatic rings. The number of carbonyl (C=O) groups is 1. The van der Waals surface area contributed by atoms with E-state index >= 15 is 0 Å². The number of rotatable bonds is 7. The zero-order valence-corrected chi connectivity index (χ0v) is 17.4. The SMILES string of the molecule is CCC(C)C(C)(CC(C)(C)C)C(=O)OC(C)(C)c1ccc([N+](=O)[O-])cc1. The predicted octanol–water partition coefficient (Wildman–Crippen LogP) is 5.86. The maximum absolute atomic E-state index is 13.2. The first-order valence-corrected chi connectivity index (χ1v) is 9.21. The van der Waals surface area contributed by atoms with Gasteiger partial charge in [0, 0.05) is 12.1 Å². The minimum atomic E-state index is -0.862. The van der Waals surface area contributed by atoms with Crippen LogP contribution >= 0.6 is 0 Å². The van der Waals surface area contributed by atoms with Crippen molar-refractivity contribution in [3.63, 3.8) is 0 Å². The van der Waals surface area contributed by atoms with E-state index in [1.807, 2.05) is 20.8 Å². The molecule has 2 atom stereocenters. The molecule has 0 N–H and O–H groups in total. The van der Waals surface area contributed by atoms with Crippen LogP contribution in [0.5, 0.6) is 0 Å². The second kappa shape index (κ2) is 7.77. The summed E-state index contributed by atoms with van der Waals surface area (Å²) < 4.78 is 5.95. The molecule has 5 nitrogen and oxygen atoms in total. The molecular formula is C21H33NO4. The van der Waals surface area contributed by atoms with Crippen molar-refractivity contribution in [2.24, 2.45) is 16.7 Å². The smallest absolute Gasteiger partial charge is 0.312 e. The summed E-state index contributed by atoms with van der Waals surface area (Å²) in [6.07, 6.45) is 1.61. The van der Waals surface area contributed by atoms with Gasteiger partial charge < -0.3 is 4.74 Å². The van der Waals surface area contributed by atoms with Gasteiger partial charge in [-0.15, -0.1) is 0 Å². The molecule has 1 rings (SSSR count). The molecule has 0 spiro atoms. The summed E-state index contributed by atoms with van der Waals surface area (Å²) in [5.41, 5.74) is -0.703. The van der Waals surface area contributed by atoms with Crippen molar-refractivity contribution in [3.8, 4) is 0 Å². The molecule has 0 aromatic heterocycles. The van der Waals surface area contributed by atoms with E-state index in [-0.39, 0.29) is 23.0 Å². The topological polar surface area (TPSA) is 69.4 Å². The number of ether oxygens (including phenoxy) is 1. The van der Waals surface area contributed by atoms with Crippen LogP contribution in [0.3, 0.4) is 0 Å². The van der Waals surface area contributed by atoms with Crippen LogP contribution in [0, 0.1) is 26.9 Å². The first-order valence-electron chi connectivity index (χ1n) is 9.21. The maximum atomic E-state index is 13.2. The van der Waals surface area contributed by atoms with Gasteiger partial charge in [0.1, 0.15) is 5.60 Å². The molecule has 0 heterocycles. The van der Waals surface area contributed by atoms with Crippen LogP contribution in [0.15, 0.2) is 24.3 Å². The number of non-ortho nitro benzene ring substituents is 1. The van der Waals surface area contributed by atoms with Crippen molar-refractivity contribution in [2.75, 3.05) is 0 Å². The molecule has 0 bridgehead atoms. The second-order valence-electron chi connectivity index (χ2n) is 9.17. The lowest BCUT2D eigenvalue weighted by atomic mass is 9.67. The summed E-state index contributed by atoms with van der Waals surface area (Å²) >= 11 is 0. The molecule has 0 radical (unpaired) electrons.